The third kappa shape index (κ3) is 4.59. The number of nitrogens with zero attached hydrogens (tertiary/aromatic N) is 2. The quantitative estimate of drug-likeness (QED) is 0.869. The van der Waals surface area contributed by atoms with Gasteiger partial charge in [-0.1, -0.05) is 17.7 Å². The summed E-state index contributed by atoms with van der Waals surface area (Å²) in [5.41, 5.74) is 0.988. The van der Waals surface area contributed by atoms with Gasteiger partial charge in [0.15, 0.2) is 0 Å². The van der Waals surface area contributed by atoms with Crippen molar-refractivity contribution < 1.29 is 4.79 Å². The van der Waals surface area contributed by atoms with Gasteiger partial charge in [-0.25, -0.2) is 9.78 Å². The van der Waals surface area contributed by atoms with Crippen molar-refractivity contribution >= 4 is 34.8 Å². The molecule has 3 heterocycles. The molecule has 0 saturated carbocycles. The van der Waals surface area contributed by atoms with Crippen LogP contribution in [0.3, 0.4) is 0 Å². The maximum absolute atomic E-state index is 11.8. The molecule has 23 heavy (non-hydrogen) atoms. The molecule has 1 aliphatic heterocycles. The van der Waals surface area contributed by atoms with Crippen molar-refractivity contribution in [3.8, 4) is 0 Å². The van der Waals surface area contributed by atoms with Crippen LogP contribution in [0.15, 0.2) is 30.5 Å². The fourth-order valence-corrected chi connectivity index (χ4v) is 3.54. The number of nitrogens with one attached hydrogen (secondary N) is 2. The Kier molecular flexibility index (Phi) is 5.35. The highest BCUT2D eigenvalue weighted by Crippen LogP contribution is 2.21. The van der Waals surface area contributed by atoms with E-state index in [4.69, 9.17) is 11.6 Å². The molecule has 5 nitrogen and oxygen atoms in total. The van der Waals surface area contributed by atoms with Crippen molar-refractivity contribution in [1.82, 2.24) is 15.6 Å². The van der Waals surface area contributed by atoms with Crippen molar-refractivity contribution in [2.24, 2.45) is 0 Å². The molecule has 2 amide bonds. The van der Waals surface area contributed by atoms with Gasteiger partial charge in [-0.05, 0) is 36.6 Å². The molecule has 0 aromatic carbocycles. The minimum absolute atomic E-state index is 0.196. The van der Waals surface area contributed by atoms with Crippen LogP contribution in [0.2, 0.25) is 4.34 Å². The third-order valence-corrected chi connectivity index (χ3v) is 4.98. The third-order valence-electron chi connectivity index (χ3n) is 3.74. The van der Waals surface area contributed by atoms with E-state index in [0.717, 1.165) is 33.7 Å². The van der Waals surface area contributed by atoms with E-state index in [1.807, 2.05) is 30.5 Å². The van der Waals surface area contributed by atoms with Gasteiger partial charge in [-0.3, -0.25) is 0 Å². The zero-order valence-corrected chi connectivity index (χ0v) is 14.3. The molecule has 1 fully saturated rings. The summed E-state index contributed by atoms with van der Waals surface area (Å²) < 4.78 is 0.728. The van der Waals surface area contributed by atoms with E-state index < -0.39 is 0 Å². The summed E-state index contributed by atoms with van der Waals surface area (Å²) in [5, 5.41) is 5.64. The second kappa shape index (κ2) is 7.66. The zero-order valence-electron chi connectivity index (χ0n) is 12.7. The first kappa shape index (κ1) is 16.1. The number of aromatic nitrogens is 1. The highest BCUT2D eigenvalue weighted by molar-refractivity contribution is 7.16. The molecule has 0 bridgehead atoms. The Balaban J connectivity index is 1.43. The molecule has 3 rings (SSSR count). The molecule has 2 aromatic rings. The number of hydrogen-bond donors (Lipinski definition) is 2. The van der Waals surface area contributed by atoms with Crippen molar-refractivity contribution in [3.05, 3.63) is 45.2 Å². The topological polar surface area (TPSA) is 57.3 Å². The first-order valence-electron chi connectivity index (χ1n) is 7.66. The molecule has 7 heteroatoms. The Morgan fingerprint density at radius 1 is 1.17 bits per heavy atom. The minimum atomic E-state index is -0.196. The Morgan fingerprint density at radius 3 is 2.61 bits per heavy atom. The molecule has 0 spiro atoms. The average molecular weight is 351 g/mol. The summed E-state index contributed by atoms with van der Waals surface area (Å²) in [6.45, 7) is 3.11. The van der Waals surface area contributed by atoms with Gasteiger partial charge >= 0.3 is 6.03 Å². The predicted molar refractivity (Wildman–Crippen MR) is 94.1 cm³/mol. The van der Waals surface area contributed by atoms with Crippen molar-refractivity contribution in [2.45, 2.75) is 25.9 Å². The maximum Gasteiger partial charge on any atom is 0.315 e. The number of anilines is 1. The second-order valence-corrected chi connectivity index (χ2v) is 7.26. The Labute approximate surface area is 144 Å². The van der Waals surface area contributed by atoms with Gasteiger partial charge in [-0.15, -0.1) is 11.3 Å². The lowest BCUT2D eigenvalue weighted by molar-refractivity contribution is 0.240. The Bertz CT molecular complexity index is 652. The number of rotatable bonds is 5. The Hall–Kier alpha value is -1.79. The van der Waals surface area contributed by atoms with Gasteiger partial charge in [0.05, 0.1) is 10.9 Å². The van der Waals surface area contributed by atoms with Gasteiger partial charge < -0.3 is 15.5 Å². The van der Waals surface area contributed by atoms with Crippen LogP contribution in [0.5, 0.6) is 0 Å². The lowest BCUT2D eigenvalue weighted by Gasteiger charge is -2.16. The van der Waals surface area contributed by atoms with E-state index in [2.05, 4.69) is 20.5 Å². The first-order valence-corrected chi connectivity index (χ1v) is 8.86. The number of pyridine rings is 1. The predicted octanol–water partition coefficient (Wildman–Crippen LogP) is 3.40. The van der Waals surface area contributed by atoms with Crippen LogP contribution in [-0.2, 0) is 13.1 Å². The largest absolute Gasteiger partial charge is 0.357 e. The van der Waals surface area contributed by atoms with E-state index in [1.54, 1.807) is 0 Å². The number of urea groups is 1. The van der Waals surface area contributed by atoms with Crippen LogP contribution in [-0.4, -0.2) is 24.1 Å². The standard InChI is InChI=1S/C16H19ClN4OS/c17-14-5-4-13(23-14)11-20-16(22)19-10-12-3-6-15(18-9-12)21-7-1-2-8-21/h3-6,9H,1-2,7-8,10-11H2,(H2,19,20,22). The number of hydrogen-bond acceptors (Lipinski definition) is 4. The fourth-order valence-electron chi connectivity index (χ4n) is 2.51. The summed E-state index contributed by atoms with van der Waals surface area (Å²) in [7, 11) is 0. The molecular weight excluding hydrogens is 332 g/mol. The monoisotopic (exact) mass is 350 g/mol. The van der Waals surface area contributed by atoms with E-state index >= 15 is 0 Å². The second-order valence-electron chi connectivity index (χ2n) is 5.46. The molecule has 2 aromatic heterocycles. The molecule has 122 valence electrons. The van der Waals surface area contributed by atoms with Gasteiger partial charge in [-0.2, -0.15) is 0 Å². The van der Waals surface area contributed by atoms with Crippen LogP contribution >= 0.6 is 22.9 Å². The molecule has 2 N–H and O–H groups in total. The summed E-state index contributed by atoms with van der Waals surface area (Å²) in [4.78, 5) is 19.6. The van der Waals surface area contributed by atoms with Crippen LogP contribution in [0, 0.1) is 0 Å². The molecule has 1 saturated heterocycles. The molecule has 1 aliphatic rings. The number of carbonyl (C=O) groups is 1. The van der Waals surface area contributed by atoms with Crippen LogP contribution < -0.4 is 15.5 Å². The minimum Gasteiger partial charge on any atom is -0.357 e. The lowest BCUT2D eigenvalue weighted by atomic mass is 10.3. The Morgan fingerprint density at radius 2 is 1.96 bits per heavy atom. The molecule has 0 aliphatic carbocycles. The van der Waals surface area contributed by atoms with Crippen LogP contribution in [0.4, 0.5) is 10.6 Å². The maximum atomic E-state index is 11.8. The SMILES string of the molecule is O=C(NCc1ccc(N2CCCC2)nc1)NCc1ccc(Cl)s1. The normalized spacial score (nSPS) is 14.0. The van der Waals surface area contributed by atoms with Gasteiger partial charge in [0.25, 0.3) is 0 Å². The van der Waals surface area contributed by atoms with E-state index in [0.29, 0.717) is 13.1 Å². The van der Waals surface area contributed by atoms with E-state index in [9.17, 15) is 4.79 Å². The molecular formula is C16H19ClN4OS. The summed E-state index contributed by atoms with van der Waals surface area (Å²) in [5.74, 6) is 1.02. The van der Waals surface area contributed by atoms with Gasteiger partial charge in [0.1, 0.15) is 5.82 Å². The smallest absolute Gasteiger partial charge is 0.315 e. The summed E-state index contributed by atoms with van der Waals surface area (Å²) >= 11 is 7.32. The van der Waals surface area contributed by atoms with Gasteiger partial charge in [0, 0.05) is 30.7 Å². The van der Waals surface area contributed by atoms with Crippen LogP contribution in [0.1, 0.15) is 23.3 Å². The molecule has 0 radical (unpaired) electrons. The molecule has 0 atom stereocenters. The average Bonchev–Trinajstić information content (AvgIpc) is 3.23. The van der Waals surface area contributed by atoms with E-state index in [-0.39, 0.29) is 6.03 Å². The fraction of sp³-hybridized carbons (Fsp3) is 0.375. The zero-order chi connectivity index (χ0) is 16.1. The highest BCUT2D eigenvalue weighted by atomic mass is 35.5. The van der Waals surface area contributed by atoms with Crippen LogP contribution in [0.25, 0.3) is 0 Å². The number of amides is 2. The lowest BCUT2D eigenvalue weighted by Crippen LogP contribution is -2.34. The van der Waals surface area contributed by atoms with E-state index in [1.165, 1.54) is 24.2 Å². The van der Waals surface area contributed by atoms with Gasteiger partial charge in [0.2, 0.25) is 0 Å². The van der Waals surface area contributed by atoms with Crippen molar-refractivity contribution in [1.29, 1.82) is 0 Å². The summed E-state index contributed by atoms with van der Waals surface area (Å²) in [6, 6.07) is 7.58. The number of thiophene rings is 1. The number of halogens is 1. The van der Waals surface area contributed by atoms with Crippen molar-refractivity contribution in [2.75, 3.05) is 18.0 Å². The number of carbonyl (C=O) groups excluding carboxylic acids is 1. The summed E-state index contributed by atoms with van der Waals surface area (Å²) in [6.07, 6.45) is 4.30. The first-order chi connectivity index (χ1) is 11.2. The molecule has 0 unspecified atom stereocenters. The highest BCUT2D eigenvalue weighted by Gasteiger charge is 2.13. The van der Waals surface area contributed by atoms with Crippen molar-refractivity contribution in [3.63, 3.8) is 0 Å².